The van der Waals surface area contributed by atoms with Crippen LogP contribution in [0.3, 0.4) is 0 Å². The maximum absolute atomic E-state index is 13.2. The van der Waals surface area contributed by atoms with Crippen molar-refractivity contribution in [3.05, 3.63) is 23.5 Å². The number of hydrogen-bond acceptors (Lipinski definition) is 4. The van der Waals surface area contributed by atoms with E-state index in [2.05, 4.69) is 4.74 Å². The lowest BCUT2D eigenvalue weighted by atomic mass is 9.99. The summed E-state index contributed by atoms with van der Waals surface area (Å²) in [5.41, 5.74) is 5.49. The molecule has 0 radical (unpaired) electrons. The summed E-state index contributed by atoms with van der Waals surface area (Å²) in [6.45, 7) is -0.149. The van der Waals surface area contributed by atoms with Crippen LogP contribution in [0.1, 0.15) is 11.5 Å². The summed E-state index contributed by atoms with van der Waals surface area (Å²) in [5, 5.41) is 18.1. The molecule has 1 aromatic carbocycles. The molecule has 0 amide bonds. The van der Waals surface area contributed by atoms with Crippen molar-refractivity contribution in [2.75, 3.05) is 13.7 Å². The first-order chi connectivity index (χ1) is 7.51. The number of carboxylic acid groups (broad SMARTS) is 1. The molecule has 0 fully saturated rings. The van der Waals surface area contributed by atoms with Crippen molar-refractivity contribution in [3.8, 4) is 11.5 Å². The summed E-state index contributed by atoms with van der Waals surface area (Å²) in [5.74, 6) is -3.94. The smallest absolute Gasteiger partial charge is 0.312 e. The number of carbonyl (C=O) groups is 1. The average molecular weight is 229 g/mol. The Morgan fingerprint density at radius 3 is 2.69 bits per heavy atom. The van der Waals surface area contributed by atoms with E-state index in [0.29, 0.717) is 0 Å². The Morgan fingerprint density at radius 1 is 1.62 bits per heavy atom. The van der Waals surface area contributed by atoms with Gasteiger partial charge in [0.25, 0.3) is 0 Å². The first kappa shape index (κ1) is 12.3. The van der Waals surface area contributed by atoms with Gasteiger partial charge >= 0.3 is 5.97 Å². The highest BCUT2D eigenvalue weighted by molar-refractivity contribution is 5.76. The van der Waals surface area contributed by atoms with Gasteiger partial charge in [0.15, 0.2) is 11.5 Å². The zero-order valence-corrected chi connectivity index (χ0v) is 8.61. The van der Waals surface area contributed by atoms with E-state index >= 15 is 0 Å². The monoisotopic (exact) mass is 229 g/mol. The number of hydrogen-bond donors (Lipinski definition) is 3. The Kier molecular flexibility index (Phi) is 3.68. The number of rotatable bonds is 4. The summed E-state index contributed by atoms with van der Waals surface area (Å²) in [7, 11) is 1.22. The van der Waals surface area contributed by atoms with Crippen molar-refractivity contribution in [3.63, 3.8) is 0 Å². The van der Waals surface area contributed by atoms with Crippen LogP contribution in [0.25, 0.3) is 0 Å². The quantitative estimate of drug-likeness (QED) is 0.705. The summed E-state index contributed by atoms with van der Waals surface area (Å²) in [4.78, 5) is 10.8. The minimum absolute atomic E-state index is 0.149. The first-order valence-corrected chi connectivity index (χ1v) is 4.50. The molecule has 16 heavy (non-hydrogen) atoms. The Bertz CT molecular complexity index is 408. The number of nitrogens with two attached hydrogens (primary N) is 1. The molecule has 0 saturated carbocycles. The second-order valence-corrected chi connectivity index (χ2v) is 3.18. The topological polar surface area (TPSA) is 92.8 Å². The van der Waals surface area contributed by atoms with E-state index in [1.54, 1.807) is 0 Å². The number of aliphatic carboxylic acids is 1. The normalized spacial score (nSPS) is 12.2. The van der Waals surface area contributed by atoms with E-state index in [4.69, 9.17) is 10.8 Å². The van der Waals surface area contributed by atoms with Gasteiger partial charge < -0.3 is 20.7 Å². The number of halogens is 1. The number of ether oxygens (including phenoxy) is 1. The molecule has 4 N–H and O–H groups in total. The van der Waals surface area contributed by atoms with Crippen molar-refractivity contribution in [1.29, 1.82) is 0 Å². The van der Waals surface area contributed by atoms with E-state index < -0.39 is 23.5 Å². The molecule has 0 aliphatic heterocycles. The van der Waals surface area contributed by atoms with Crippen LogP contribution in [-0.2, 0) is 4.79 Å². The second kappa shape index (κ2) is 4.80. The molecule has 1 rings (SSSR count). The molecule has 88 valence electrons. The lowest BCUT2D eigenvalue weighted by Gasteiger charge is -2.12. The average Bonchev–Trinajstić information content (AvgIpc) is 2.23. The molecule has 0 aliphatic rings. The Balaban J connectivity index is 3.24. The van der Waals surface area contributed by atoms with Crippen LogP contribution in [0.2, 0.25) is 0 Å². The van der Waals surface area contributed by atoms with Gasteiger partial charge in [0, 0.05) is 6.54 Å². The second-order valence-electron chi connectivity index (χ2n) is 3.18. The summed E-state index contributed by atoms with van der Waals surface area (Å²) in [6.07, 6.45) is 0. The molecule has 0 aliphatic carbocycles. The number of benzene rings is 1. The highest BCUT2D eigenvalue weighted by Crippen LogP contribution is 2.30. The van der Waals surface area contributed by atoms with Crippen LogP contribution < -0.4 is 10.5 Å². The Hall–Kier alpha value is -1.82. The number of aromatic hydroxyl groups is 1. The standard InChI is InChI=1S/C10H12FNO4/c1-16-8-3-5(2-7(13)9(8)11)6(4-12)10(14)15/h2-3,6,13H,4,12H2,1H3,(H,14,15). The minimum Gasteiger partial charge on any atom is -0.505 e. The zero-order valence-electron chi connectivity index (χ0n) is 8.61. The molecular formula is C10H12FNO4. The lowest BCUT2D eigenvalue weighted by Crippen LogP contribution is -2.21. The van der Waals surface area contributed by atoms with Gasteiger partial charge in [-0.2, -0.15) is 4.39 Å². The maximum Gasteiger partial charge on any atom is 0.312 e. The SMILES string of the molecule is COc1cc(C(CN)C(=O)O)cc(O)c1F. The molecule has 0 saturated heterocycles. The van der Waals surface area contributed by atoms with E-state index in [1.165, 1.54) is 13.2 Å². The van der Waals surface area contributed by atoms with Crippen LogP contribution in [0, 0.1) is 5.82 Å². The highest BCUT2D eigenvalue weighted by Gasteiger charge is 2.21. The predicted molar refractivity (Wildman–Crippen MR) is 54.0 cm³/mol. The highest BCUT2D eigenvalue weighted by atomic mass is 19.1. The van der Waals surface area contributed by atoms with Crippen LogP contribution in [0.4, 0.5) is 4.39 Å². The fourth-order valence-corrected chi connectivity index (χ4v) is 1.33. The van der Waals surface area contributed by atoms with Crippen molar-refractivity contribution < 1.29 is 24.1 Å². The number of carboxylic acids is 1. The zero-order chi connectivity index (χ0) is 12.3. The number of methoxy groups -OCH3 is 1. The van der Waals surface area contributed by atoms with Crippen molar-refractivity contribution in [1.82, 2.24) is 0 Å². The van der Waals surface area contributed by atoms with E-state index in [9.17, 15) is 14.3 Å². The lowest BCUT2D eigenvalue weighted by molar-refractivity contribution is -0.138. The molecule has 1 unspecified atom stereocenters. The van der Waals surface area contributed by atoms with Gasteiger partial charge in [-0.3, -0.25) is 4.79 Å². The molecule has 1 aromatic rings. The number of phenols is 1. The van der Waals surface area contributed by atoms with Gasteiger partial charge in [-0.25, -0.2) is 0 Å². The molecule has 6 heteroatoms. The Labute approximate surface area is 91.3 Å². The molecule has 0 aromatic heterocycles. The van der Waals surface area contributed by atoms with Crippen LogP contribution in [0.15, 0.2) is 12.1 Å². The molecule has 0 spiro atoms. The summed E-state index contributed by atoms with van der Waals surface area (Å²) in [6, 6.07) is 2.24. The van der Waals surface area contributed by atoms with Crippen molar-refractivity contribution in [2.45, 2.75) is 5.92 Å². The molecule has 1 atom stereocenters. The third-order valence-corrected chi connectivity index (χ3v) is 2.20. The van der Waals surface area contributed by atoms with Crippen LogP contribution in [-0.4, -0.2) is 29.8 Å². The van der Waals surface area contributed by atoms with Crippen molar-refractivity contribution >= 4 is 5.97 Å². The molecule has 0 heterocycles. The van der Waals surface area contributed by atoms with Gasteiger partial charge in [0.1, 0.15) is 0 Å². The minimum atomic E-state index is -1.14. The van der Waals surface area contributed by atoms with E-state index in [-0.39, 0.29) is 17.9 Å². The maximum atomic E-state index is 13.2. The van der Waals surface area contributed by atoms with Gasteiger partial charge in [-0.15, -0.1) is 0 Å². The summed E-state index contributed by atoms with van der Waals surface area (Å²) >= 11 is 0. The van der Waals surface area contributed by atoms with Gasteiger partial charge in [-0.1, -0.05) is 0 Å². The van der Waals surface area contributed by atoms with Gasteiger partial charge in [0.05, 0.1) is 13.0 Å². The predicted octanol–water partition coefficient (Wildman–Crippen LogP) is 0.667. The fraction of sp³-hybridized carbons (Fsp3) is 0.300. The molecular weight excluding hydrogens is 217 g/mol. The fourth-order valence-electron chi connectivity index (χ4n) is 1.33. The van der Waals surface area contributed by atoms with E-state index in [1.807, 2.05) is 0 Å². The van der Waals surface area contributed by atoms with Gasteiger partial charge in [0.2, 0.25) is 5.82 Å². The first-order valence-electron chi connectivity index (χ1n) is 4.50. The third-order valence-electron chi connectivity index (χ3n) is 2.20. The van der Waals surface area contributed by atoms with Crippen molar-refractivity contribution in [2.24, 2.45) is 5.73 Å². The Morgan fingerprint density at radius 2 is 2.25 bits per heavy atom. The molecule has 5 nitrogen and oxygen atoms in total. The van der Waals surface area contributed by atoms with Gasteiger partial charge in [-0.05, 0) is 17.7 Å². The third kappa shape index (κ3) is 2.22. The van der Waals surface area contributed by atoms with E-state index in [0.717, 1.165) is 6.07 Å². The molecule has 0 bridgehead atoms. The van der Waals surface area contributed by atoms with Crippen LogP contribution >= 0.6 is 0 Å². The van der Waals surface area contributed by atoms with Crippen LogP contribution in [0.5, 0.6) is 11.5 Å². The number of phenolic OH excluding ortho intramolecular Hbond substituents is 1. The largest absolute Gasteiger partial charge is 0.505 e. The summed E-state index contributed by atoms with van der Waals surface area (Å²) < 4.78 is 17.9.